The van der Waals surface area contributed by atoms with Crippen LogP contribution in [0.5, 0.6) is 11.5 Å². The van der Waals surface area contributed by atoms with Crippen LogP contribution in [0.15, 0.2) is 46.2 Å². The molecular weight excluding hydrogens is 276 g/mol. The average molecular weight is 290 g/mol. The fourth-order valence-corrected chi connectivity index (χ4v) is 3.96. The van der Waals surface area contributed by atoms with Gasteiger partial charge in [-0.05, 0) is 54.7 Å². The molecule has 0 fully saturated rings. The van der Waals surface area contributed by atoms with Crippen LogP contribution in [0.25, 0.3) is 0 Å². The molecule has 0 spiro atoms. The van der Waals surface area contributed by atoms with Crippen molar-refractivity contribution in [2.45, 2.75) is 29.1 Å². The molecule has 0 aromatic heterocycles. The first-order valence-corrected chi connectivity index (χ1v) is 7.86. The molecule has 5 heteroatoms. The van der Waals surface area contributed by atoms with Gasteiger partial charge in [0, 0.05) is 6.07 Å². The molecule has 0 aliphatic heterocycles. The molecule has 2 N–H and O–H groups in total. The van der Waals surface area contributed by atoms with Crippen LogP contribution in [0.1, 0.15) is 17.5 Å². The Morgan fingerprint density at radius 3 is 2.40 bits per heavy atom. The molecule has 1 aliphatic rings. The summed E-state index contributed by atoms with van der Waals surface area (Å²) in [6, 6.07) is 8.59. The molecule has 104 valence electrons. The standard InChI is InChI=1S/C15H14O4S/c16-12-5-7-15(14(17)9-12)20(18,19)13-6-4-10-2-1-3-11(10)8-13/h4-9,16-17H,1-3H2. The smallest absolute Gasteiger partial charge is 0.210 e. The highest BCUT2D eigenvalue weighted by atomic mass is 32.2. The van der Waals surface area contributed by atoms with E-state index < -0.39 is 15.6 Å². The van der Waals surface area contributed by atoms with E-state index in [0.717, 1.165) is 30.9 Å². The van der Waals surface area contributed by atoms with Gasteiger partial charge in [-0.2, -0.15) is 0 Å². The summed E-state index contributed by atoms with van der Waals surface area (Å²) < 4.78 is 25.0. The molecule has 20 heavy (non-hydrogen) atoms. The summed E-state index contributed by atoms with van der Waals surface area (Å²) >= 11 is 0. The van der Waals surface area contributed by atoms with E-state index in [0.29, 0.717) is 0 Å². The van der Waals surface area contributed by atoms with Crippen LogP contribution in [0.2, 0.25) is 0 Å². The number of aromatic hydroxyl groups is 2. The molecule has 0 unspecified atom stereocenters. The number of fused-ring (bicyclic) bond motifs is 1. The van der Waals surface area contributed by atoms with Crippen molar-refractivity contribution >= 4 is 9.84 Å². The van der Waals surface area contributed by atoms with Gasteiger partial charge in [0.15, 0.2) is 0 Å². The molecule has 2 aromatic rings. The first kappa shape index (κ1) is 13.0. The molecule has 0 amide bonds. The van der Waals surface area contributed by atoms with Gasteiger partial charge < -0.3 is 10.2 Å². The molecule has 2 aromatic carbocycles. The first-order valence-electron chi connectivity index (χ1n) is 6.37. The molecule has 4 nitrogen and oxygen atoms in total. The van der Waals surface area contributed by atoms with Crippen LogP contribution in [0, 0.1) is 0 Å². The number of phenols is 2. The number of hydrogen-bond acceptors (Lipinski definition) is 4. The topological polar surface area (TPSA) is 74.6 Å². The molecule has 0 atom stereocenters. The van der Waals surface area contributed by atoms with Gasteiger partial charge in [-0.3, -0.25) is 0 Å². The molecule has 0 saturated carbocycles. The van der Waals surface area contributed by atoms with Crippen LogP contribution in [0.3, 0.4) is 0 Å². The zero-order chi connectivity index (χ0) is 14.3. The number of aryl methyl sites for hydroxylation is 2. The fourth-order valence-electron chi connectivity index (χ4n) is 2.58. The van der Waals surface area contributed by atoms with Crippen molar-refractivity contribution in [1.82, 2.24) is 0 Å². The largest absolute Gasteiger partial charge is 0.508 e. The molecule has 3 rings (SSSR count). The lowest BCUT2D eigenvalue weighted by atomic mass is 10.1. The minimum absolute atomic E-state index is 0.171. The third kappa shape index (κ3) is 2.04. The van der Waals surface area contributed by atoms with E-state index in [4.69, 9.17) is 0 Å². The Hall–Kier alpha value is -2.01. The second-order valence-electron chi connectivity index (χ2n) is 4.94. The summed E-state index contributed by atoms with van der Waals surface area (Å²) in [5, 5.41) is 19.0. The molecular formula is C15H14O4S. The minimum Gasteiger partial charge on any atom is -0.508 e. The lowest BCUT2D eigenvalue weighted by Gasteiger charge is -2.09. The van der Waals surface area contributed by atoms with E-state index in [2.05, 4.69) is 0 Å². The van der Waals surface area contributed by atoms with Crippen molar-refractivity contribution in [3.8, 4) is 11.5 Å². The third-order valence-electron chi connectivity index (χ3n) is 3.61. The van der Waals surface area contributed by atoms with Gasteiger partial charge in [0.25, 0.3) is 0 Å². The zero-order valence-corrected chi connectivity index (χ0v) is 11.5. The van der Waals surface area contributed by atoms with Gasteiger partial charge in [0.2, 0.25) is 9.84 Å². The summed E-state index contributed by atoms with van der Waals surface area (Å²) in [5.41, 5.74) is 2.25. The Morgan fingerprint density at radius 1 is 0.900 bits per heavy atom. The van der Waals surface area contributed by atoms with Crippen LogP contribution in [0.4, 0.5) is 0 Å². The molecule has 0 heterocycles. The Kier molecular flexibility index (Phi) is 2.94. The number of sulfone groups is 1. The predicted molar refractivity (Wildman–Crippen MR) is 73.7 cm³/mol. The van der Waals surface area contributed by atoms with Crippen molar-refractivity contribution in [2.24, 2.45) is 0 Å². The summed E-state index contributed by atoms with van der Waals surface area (Å²) in [6.45, 7) is 0. The second kappa shape index (κ2) is 4.52. The van der Waals surface area contributed by atoms with E-state index in [1.165, 1.54) is 17.7 Å². The summed E-state index contributed by atoms with van der Waals surface area (Å²) in [5.74, 6) is -0.610. The normalized spacial score (nSPS) is 14.2. The lowest BCUT2D eigenvalue weighted by Crippen LogP contribution is -2.03. The van der Waals surface area contributed by atoms with Gasteiger partial charge in [0.05, 0.1) is 4.90 Å². The quantitative estimate of drug-likeness (QED) is 0.890. The SMILES string of the molecule is O=S(=O)(c1ccc2c(c1)CCC2)c1ccc(O)cc1O. The fraction of sp³-hybridized carbons (Fsp3) is 0.200. The van der Waals surface area contributed by atoms with E-state index in [9.17, 15) is 18.6 Å². The van der Waals surface area contributed by atoms with Gasteiger partial charge in [-0.15, -0.1) is 0 Å². The van der Waals surface area contributed by atoms with Crippen LogP contribution >= 0.6 is 0 Å². The summed E-state index contributed by atoms with van der Waals surface area (Å²) in [7, 11) is -3.77. The van der Waals surface area contributed by atoms with E-state index in [1.807, 2.05) is 6.07 Å². The zero-order valence-electron chi connectivity index (χ0n) is 10.7. The van der Waals surface area contributed by atoms with Gasteiger partial charge in [0.1, 0.15) is 16.4 Å². The van der Waals surface area contributed by atoms with Gasteiger partial charge in [-0.1, -0.05) is 6.07 Å². The van der Waals surface area contributed by atoms with Crippen molar-refractivity contribution < 1.29 is 18.6 Å². The van der Waals surface area contributed by atoms with Crippen molar-refractivity contribution in [2.75, 3.05) is 0 Å². The first-order chi connectivity index (χ1) is 9.48. The maximum Gasteiger partial charge on any atom is 0.210 e. The Morgan fingerprint density at radius 2 is 1.65 bits per heavy atom. The number of rotatable bonds is 2. The predicted octanol–water partition coefficient (Wildman–Crippen LogP) is 2.42. The summed E-state index contributed by atoms with van der Waals surface area (Å²) in [4.78, 5) is -0.00705. The molecule has 0 bridgehead atoms. The van der Waals surface area contributed by atoms with Crippen LogP contribution in [-0.2, 0) is 22.7 Å². The van der Waals surface area contributed by atoms with E-state index in [-0.39, 0.29) is 15.5 Å². The van der Waals surface area contributed by atoms with E-state index in [1.54, 1.807) is 12.1 Å². The van der Waals surface area contributed by atoms with Crippen molar-refractivity contribution in [3.63, 3.8) is 0 Å². The highest BCUT2D eigenvalue weighted by molar-refractivity contribution is 7.91. The Labute approximate surface area is 117 Å². The van der Waals surface area contributed by atoms with Crippen LogP contribution < -0.4 is 0 Å². The minimum atomic E-state index is -3.77. The Bertz CT molecular complexity index is 778. The summed E-state index contributed by atoms with van der Waals surface area (Å²) in [6.07, 6.45) is 2.92. The molecule has 0 saturated heterocycles. The van der Waals surface area contributed by atoms with Gasteiger partial charge >= 0.3 is 0 Å². The maximum absolute atomic E-state index is 12.5. The van der Waals surface area contributed by atoms with Crippen LogP contribution in [-0.4, -0.2) is 18.6 Å². The number of benzene rings is 2. The highest BCUT2D eigenvalue weighted by Gasteiger charge is 2.23. The Balaban J connectivity index is 2.12. The highest BCUT2D eigenvalue weighted by Crippen LogP contribution is 2.33. The van der Waals surface area contributed by atoms with Gasteiger partial charge in [-0.25, -0.2) is 8.42 Å². The monoisotopic (exact) mass is 290 g/mol. The third-order valence-corrected chi connectivity index (χ3v) is 5.41. The van der Waals surface area contributed by atoms with E-state index >= 15 is 0 Å². The van der Waals surface area contributed by atoms with Crippen molar-refractivity contribution in [3.05, 3.63) is 47.5 Å². The number of hydrogen-bond donors (Lipinski definition) is 2. The second-order valence-corrected chi connectivity index (χ2v) is 6.86. The maximum atomic E-state index is 12.5. The average Bonchev–Trinajstić information content (AvgIpc) is 2.85. The lowest BCUT2D eigenvalue weighted by molar-refractivity contribution is 0.439. The van der Waals surface area contributed by atoms with Crippen molar-refractivity contribution in [1.29, 1.82) is 0 Å². The molecule has 1 aliphatic carbocycles. The number of phenolic OH excluding ortho intramolecular Hbond substituents is 2. The molecule has 0 radical (unpaired) electrons.